The Morgan fingerprint density at radius 1 is 0.805 bits per heavy atom. The van der Waals surface area contributed by atoms with E-state index in [0.717, 1.165) is 36.4 Å². The number of hydrogen-bond donors (Lipinski definition) is 0. The topological polar surface area (TPSA) is 87.9 Å². The van der Waals surface area contributed by atoms with Crippen molar-refractivity contribution in [3.63, 3.8) is 0 Å². The van der Waals surface area contributed by atoms with Crippen LogP contribution in [0.2, 0.25) is 0 Å². The molecule has 41 heavy (non-hydrogen) atoms. The Balaban J connectivity index is 1.71. The number of hydrogen-bond acceptors (Lipinski definition) is 6. The van der Waals surface area contributed by atoms with Crippen molar-refractivity contribution in [1.82, 2.24) is 0 Å². The summed E-state index contributed by atoms with van der Waals surface area (Å²) >= 11 is 0. The molecular weight excluding hydrogens is 560 g/mol. The van der Waals surface area contributed by atoms with Gasteiger partial charge in [-0.05, 0) is 59.0 Å². The van der Waals surface area contributed by atoms with E-state index in [-0.39, 0.29) is 39.0 Å². The number of carbonyl (C=O) groups excluding carboxylic acids is 1. The molecule has 4 aromatic rings. The highest BCUT2D eigenvalue weighted by Gasteiger charge is 2.31. The highest BCUT2D eigenvalue weighted by Crippen LogP contribution is 2.39. The van der Waals surface area contributed by atoms with Crippen LogP contribution in [-0.4, -0.2) is 18.0 Å². The van der Waals surface area contributed by atoms with Crippen LogP contribution in [-0.2, 0) is 30.3 Å². The van der Waals surface area contributed by atoms with Crippen molar-refractivity contribution in [3.8, 4) is 11.5 Å². The number of nitro benzene ring substituents is 1. The minimum absolute atomic E-state index is 0.0213. The quantitative estimate of drug-likeness (QED) is 0.0919. The molecule has 0 aliphatic carbocycles. The van der Waals surface area contributed by atoms with Crippen LogP contribution in [0.4, 0.5) is 32.0 Å². The lowest BCUT2D eigenvalue weighted by atomic mass is 10.0. The molecule has 0 saturated carbocycles. The molecule has 0 bridgehead atoms. The number of nitrogens with zero attached hydrogens (tertiary/aromatic N) is 1. The number of methoxy groups -OCH3 is 1. The molecule has 0 amide bonds. The zero-order valence-corrected chi connectivity index (χ0v) is 21.0. The lowest BCUT2D eigenvalue weighted by Gasteiger charge is -2.15. The Bertz CT molecular complexity index is 1620. The van der Waals surface area contributed by atoms with E-state index in [2.05, 4.69) is 0 Å². The average molecular weight is 579 g/mol. The van der Waals surface area contributed by atoms with Crippen molar-refractivity contribution < 1.29 is 50.3 Å². The molecule has 0 saturated heterocycles. The van der Waals surface area contributed by atoms with E-state index < -0.39 is 53.3 Å². The number of alkyl halides is 6. The Morgan fingerprint density at radius 3 is 1.93 bits per heavy atom. The van der Waals surface area contributed by atoms with Crippen LogP contribution in [0.15, 0.2) is 72.8 Å². The van der Waals surface area contributed by atoms with Gasteiger partial charge in [-0.3, -0.25) is 10.1 Å². The number of ether oxygens (including phenoxy) is 3. The number of rotatable bonds is 8. The summed E-state index contributed by atoms with van der Waals surface area (Å²) in [6, 6.07) is 13.5. The van der Waals surface area contributed by atoms with Crippen LogP contribution in [0.1, 0.15) is 32.6 Å². The first-order chi connectivity index (χ1) is 19.3. The molecule has 7 nitrogen and oxygen atoms in total. The molecule has 0 unspecified atom stereocenters. The first kappa shape index (κ1) is 29.2. The Morgan fingerprint density at radius 2 is 1.39 bits per heavy atom. The summed E-state index contributed by atoms with van der Waals surface area (Å²) in [5.74, 6) is -1.38. The molecule has 0 atom stereocenters. The van der Waals surface area contributed by atoms with E-state index >= 15 is 0 Å². The van der Waals surface area contributed by atoms with E-state index in [0.29, 0.717) is 0 Å². The summed E-state index contributed by atoms with van der Waals surface area (Å²) < 4.78 is 94.5. The number of carbonyl (C=O) groups is 1. The zero-order valence-electron chi connectivity index (χ0n) is 21.0. The molecule has 0 fully saturated rings. The molecule has 0 spiro atoms. The predicted molar refractivity (Wildman–Crippen MR) is 133 cm³/mol. The van der Waals surface area contributed by atoms with Gasteiger partial charge in [-0.15, -0.1) is 0 Å². The number of nitro groups is 1. The second-order valence-electron chi connectivity index (χ2n) is 8.70. The summed E-state index contributed by atoms with van der Waals surface area (Å²) in [6.07, 6.45) is -9.23. The van der Waals surface area contributed by atoms with Gasteiger partial charge >= 0.3 is 24.0 Å². The van der Waals surface area contributed by atoms with Gasteiger partial charge in [0.15, 0.2) is 5.75 Å². The Labute approximate surface area is 228 Å². The van der Waals surface area contributed by atoms with Gasteiger partial charge in [0, 0.05) is 0 Å². The van der Waals surface area contributed by atoms with Gasteiger partial charge in [-0.1, -0.05) is 30.3 Å². The smallest absolute Gasteiger partial charge is 0.416 e. The fraction of sp³-hybridized carbons (Fsp3) is 0.179. The van der Waals surface area contributed by atoms with Gasteiger partial charge in [0.2, 0.25) is 0 Å². The molecular formula is C28H19F6NO6. The molecule has 4 rings (SSSR count). The minimum atomic E-state index is -4.62. The number of halogens is 6. The molecule has 0 heterocycles. The van der Waals surface area contributed by atoms with E-state index in [9.17, 15) is 41.3 Å². The van der Waals surface area contributed by atoms with Gasteiger partial charge in [0.1, 0.15) is 24.5 Å². The molecule has 0 aliphatic heterocycles. The standard InChI is InChI=1S/C28H19F6NO6/c1-39-23-9-8-18-12-24(40-14-16-4-2-6-19(10-16)27(29,30)31)22(13-21(18)25(23)35(37)38)26(36)41-15-17-5-3-7-20(11-17)28(32,33)34/h2-13H,14-15H2,1H3. The lowest BCUT2D eigenvalue weighted by molar-refractivity contribution is -0.383. The molecule has 4 aromatic carbocycles. The molecule has 13 heteroatoms. The number of esters is 1. The van der Waals surface area contributed by atoms with Crippen LogP contribution in [0, 0.1) is 10.1 Å². The maximum Gasteiger partial charge on any atom is 0.416 e. The van der Waals surface area contributed by atoms with Gasteiger partial charge in [-0.25, -0.2) is 4.79 Å². The summed E-state index contributed by atoms with van der Waals surface area (Å²) in [4.78, 5) is 24.2. The first-order valence-electron chi connectivity index (χ1n) is 11.7. The lowest BCUT2D eigenvalue weighted by Crippen LogP contribution is -2.10. The third-order valence-electron chi connectivity index (χ3n) is 5.95. The fourth-order valence-corrected chi connectivity index (χ4v) is 4.01. The number of benzene rings is 4. The predicted octanol–water partition coefficient (Wildman–Crippen LogP) is 7.73. The second-order valence-corrected chi connectivity index (χ2v) is 8.70. The normalized spacial score (nSPS) is 11.8. The number of fused-ring (bicyclic) bond motifs is 1. The average Bonchev–Trinajstić information content (AvgIpc) is 2.92. The summed E-state index contributed by atoms with van der Waals surface area (Å²) in [5, 5.41) is 12.0. The Kier molecular flexibility index (Phi) is 8.08. The van der Waals surface area contributed by atoms with Crippen molar-refractivity contribution in [3.05, 3.63) is 111 Å². The molecule has 214 valence electrons. The molecule has 0 aromatic heterocycles. The maximum absolute atomic E-state index is 13.1. The minimum Gasteiger partial charge on any atom is -0.490 e. The summed E-state index contributed by atoms with van der Waals surface area (Å²) in [6.45, 7) is -0.990. The van der Waals surface area contributed by atoms with Crippen LogP contribution in [0.25, 0.3) is 10.8 Å². The second kappa shape index (κ2) is 11.4. The van der Waals surface area contributed by atoms with Gasteiger partial charge in [0.05, 0.1) is 28.5 Å². The first-order valence-corrected chi connectivity index (χ1v) is 11.7. The van der Waals surface area contributed by atoms with Crippen molar-refractivity contribution in [2.24, 2.45) is 0 Å². The van der Waals surface area contributed by atoms with Crippen molar-refractivity contribution in [1.29, 1.82) is 0 Å². The van der Waals surface area contributed by atoms with Crippen LogP contribution < -0.4 is 9.47 Å². The van der Waals surface area contributed by atoms with E-state index in [1.165, 1.54) is 43.5 Å². The zero-order chi connectivity index (χ0) is 29.9. The summed E-state index contributed by atoms with van der Waals surface area (Å²) in [7, 11) is 1.21. The van der Waals surface area contributed by atoms with Gasteiger partial charge < -0.3 is 14.2 Å². The molecule has 0 aliphatic rings. The largest absolute Gasteiger partial charge is 0.490 e. The van der Waals surface area contributed by atoms with E-state index in [1.807, 2.05) is 0 Å². The molecule has 0 radical (unpaired) electrons. The van der Waals surface area contributed by atoms with Gasteiger partial charge in [0.25, 0.3) is 0 Å². The monoisotopic (exact) mass is 579 g/mol. The van der Waals surface area contributed by atoms with Crippen molar-refractivity contribution in [2.45, 2.75) is 25.6 Å². The van der Waals surface area contributed by atoms with Crippen LogP contribution in [0.3, 0.4) is 0 Å². The molecule has 0 N–H and O–H groups in total. The summed E-state index contributed by atoms with van der Waals surface area (Å²) in [5.41, 5.74) is -2.55. The van der Waals surface area contributed by atoms with E-state index in [1.54, 1.807) is 0 Å². The Hall–Kier alpha value is -4.81. The highest BCUT2D eigenvalue weighted by atomic mass is 19.4. The third-order valence-corrected chi connectivity index (χ3v) is 5.95. The third kappa shape index (κ3) is 6.68. The maximum atomic E-state index is 13.1. The van der Waals surface area contributed by atoms with E-state index in [4.69, 9.17) is 14.2 Å². The fourth-order valence-electron chi connectivity index (χ4n) is 4.01. The van der Waals surface area contributed by atoms with Gasteiger partial charge in [-0.2, -0.15) is 26.3 Å². The van der Waals surface area contributed by atoms with Crippen LogP contribution >= 0.6 is 0 Å². The van der Waals surface area contributed by atoms with Crippen LogP contribution in [0.5, 0.6) is 11.5 Å². The highest BCUT2D eigenvalue weighted by molar-refractivity contribution is 6.02. The SMILES string of the molecule is COc1ccc2cc(OCc3cccc(C(F)(F)F)c3)c(C(=O)OCc3cccc(C(F)(F)F)c3)cc2c1[N+](=O)[O-]. The van der Waals surface area contributed by atoms with Crippen molar-refractivity contribution in [2.75, 3.05) is 7.11 Å². The van der Waals surface area contributed by atoms with Crippen molar-refractivity contribution >= 4 is 22.4 Å².